The molecule has 3 aromatic heterocycles. The molecule has 0 aliphatic rings. The summed E-state index contributed by atoms with van der Waals surface area (Å²) in [5.74, 6) is 0.458. The second-order valence-electron chi connectivity index (χ2n) is 7.07. The van der Waals surface area contributed by atoms with Crippen molar-refractivity contribution >= 4 is 16.8 Å². The monoisotopic (exact) mass is 387 g/mol. The molecule has 0 unspecified atom stereocenters. The van der Waals surface area contributed by atoms with Crippen LogP contribution in [0.3, 0.4) is 0 Å². The number of carbonyl (C=O) groups is 1. The van der Waals surface area contributed by atoms with E-state index in [1.165, 1.54) is 0 Å². The highest BCUT2D eigenvalue weighted by Crippen LogP contribution is 2.20. The van der Waals surface area contributed by atoms with E-state index in [4.69, 9.17) is 4.42 Å². The zero-order valence-electron chi connectivity index (χ0n) is 16.3. The third-order valence-electron chi connectivity index (χ3n) is 5.13. The summed E-state index contributed by atoms with van der Waals surface area (Å²) in [7, 11) is 0. The van der Waals surface area contributed by atoms with Gasteiger partial charge in [0, 0.05) is 23.5 Å². The number of fused-ring (bicyclic) bond motifs is 1. The highest BCUT2D eigenvalue weighted by atomic mass is 16.3. The van der Waals surface area contributed by atoms with Gasteiger partial charge >= 0.3 is 0 Å². The summed E-state index contributed by atoms with van der Waals surface area (Å²) in [4.78, 5) is 34.4. The molecule has 4 aromatic rings. The van der Waals surface area contributed by atoms with E-state index in [-0.39, 0.29) is 24.6 Å². The lowest BCUT2D eigenvalue weighted by Crippen LogP contribution is -2.32. The second kappa shape index (κ2) is 7.75. The minimum atomic E-state index is -0.196. The third-order valence-corrected chi connectivity index (χ3v) is 5.13. The molecule has 6 nitrogen and oxygen atoms in total. The fourth-order valence-electron chi connectivity index (χ4n) is 3.36. The number of aromatic amines is 1. The molecule has 0 bridgehead atoms. The predicted molar refractivity (Wildman–Crippen MR) is 111 cm³/mol. The van der Waals surface area contributed by atoms with Crippen LogP contribution in [0.2, 0.25) is 0 Å². The van der Waals surface area contributed by atoms with Crippen molar-refractivity contribution in [1.82, 2.24) is 14.9 Å². The van der Waals surface area contributed by atoms with E-state index >= 15 is 0 Å². The van der Waals surface area contributed by atoms with Gasteiger partial charge < -0.3 is 14.3 Å². The molecule has 0 saturated carbocycles. The predicted octanol–water partition coefficient (Wildman–Crippen LogP) is 3.98. The Bertz CT molecular complexity index is 1210. The lowest BCUT2D eigenvalue weighted by atomic mass is 10.0. The van der Waals surface area contributed by atoms with Gasteiger partial charge in [-0.3, -0.25) is 14.6 Å². The number of amides is 1. The fourth-order valence-corrected chi connectivity index (χ4v) is 3.36. The average Bonchev–Trinajstić information content (AvgIpc) is 3.25. The number of furan rings is 1. The lowest BCUT2D eigenvalue weighted by molar-refractivity contribution is 0.0717. The molecular weight excluding hydrogens is 366 g/mol. The van der Waals surface area contributed by atoms with Gasteiger partial charge in [0.2, 0.25) is 0 Å². The first-order valence-electron chi connectivity index (χ1n) is 9.37. The molecule has 29 heavy (non-hydrogen) atoms. The van der Waals surface area contributed by atoms with Crippen molar-refractivity contribution in [3.8, 4) is 0 Å². The van der Waals surface area contributed by atoms with E-state index in [1.807, 2.05) is 38.1 Å². The van der Waals surface area contributed by atoms with Gasteiger partial charge in [-0.25, -0.2) is 0 Å². The van der Waals surface area contributed by atoms with Gasteiger partial charge in [-0.2, -0.15) is 0 Å². The van der Waals surface area contributed by atoms with E-state index in [1.54, 1.807) is 41.8 Å². The summed E-state index contributed by atoms with van der Waals surface area (Å²) in [6.07, 6.45) is 4.72. The molecule has 1 amide bonds. The minimum Gasteiger partial charge on any atom is -0.467 e. The molecule has 4 rings (SSSR count). The first kappa shape index (κ1) is 18.7. The van der Waals surface area contributed by atoms with Crippen LogP contribution in [0.5, 0.6) is 0 Å². The van der Waals surface area contributed by atoms with E-state index in [0.29, 0.717) is 16.9 Å². The van der Waals surface area contributed by atoms with Crippen LogP contribution in [0.25, 0.3) is 10.9 Å². The summed E-state index contributed by atoms with van der Waals surface area (Å²) in [5.41, 5.74) is 3.83. The van der Waals surface area contributed by atoms with E-state index in [2.05, 4.69) is 9.97 Å². The van der Waals surface area contributed by atoms with E-state index in [0.717, 1.165) is 22.0 Å². The third kappa shape index (κ3) is 3.82. The number of H-pyrrole nitrogens is 1. The molecule has 0 radical (unpaired) electrons. The number of rotatable bonds is 5. The van der Waals surface area contributed by atoms with Crippen molar-refractivity contribution in [2.45, 2.75) is 26.9 Å². The summed E-state index contributed by atoms with van der Waals surface area (Å²) in [6.45, 7) is 4.43. The Hall–Kier alpha value is -3.67. The van der Waals surface area contributed by atoms with Crippen LogP contribution in [0, 0.1) is 13.8 Å². The van der Waals surface area contributed by atoms with Crippen molar-refractivity contribution in [3.05, 3.63) is 99.5 Å². The number of pyridine rings is 2. The number of hydrogen-bond donors (Lipinski definition) is 1. The standard InChI is InChI=1S/C23H21N3O3/c1-15-5-6-18-12-19(22(27)25-21(18)16(15)2)13-26(14-20-4-3-11-29-20)23(28)17-7-9-24-10-8-17/h3-12H,13-14H2,1-2H3,(H,25,27). The van der Waals surface area contributed by atoms with Crippen molar-refractivity contribution < 1.29 is 9.21 Å². The summed E-state index contributed by atoms with van der Waals surface area (Å²) >= 11 is 0. The van der Waals surface area contributed by atoms with Crippen molar-refractivity contribution in [2.75, 3.05) is 0 Å². The summed E-state index contributed by atoms with van der Waals surface area (Å²) < 4.78 is 5.42. The molecule has 0 aliphatic heterocycles. The molecule has 0 spiro atoms. The van der Waals surface area contributed by atoms with Gasteiger partial charge in [-0.1, -0.05) is 12.1 Å². The van der Waals surface area contributed by atoms with Crippen molar-refractivity contribution in [1.29, 1.82) is 0 Å². The van der Waals surface area contributed by atoms with Crippen LogP contribution in [-0.4, -0.2) is 20.8 Å². The molecule has 1 aromatic carbocycles. The molecule has 3 heterocycles. The highest BCUT2D eigenvalue weighted by molar-refractivity contribution is 5.94. The van der Waals surface area contributed by atoms with Crippen molar-refractivity contribution in [3.63, 3.8) is 0 Å². The van der Waals surface area contributed by atoms with Gasteiger partial charge in [0.1, 0.15) is 5.76 Å². The van der Waals surface area contributed by atoms with Crippen LogP contribution in [0.15, 0.2) is 70.3 Å². The van der Waals surface area contributed by atoms with Crippen molar-refractivity contribution in [2.24, 2.45) is 0 Å². The zero-order valence-corrected chi connectivity index (χ0v) is 16.3. The second-order valence-corrected chi connectivity index (χ2v) is 7.07. The molecule has 0 fully saturated rings. The molecule has 0 saturated heterocycles. The number of nitrogens with one attached hydrogen (secondary N) is 1. The number of carbonyl (C=O) groups excluding carboxylic acids is 1. The maximum atomic E-state index is 13.1. The normalized spacial score (nSPS) is 11.0. The van der Waals surface area contributed by atoms with Crippen LogP contribution in [-0.2, 0) is 13.1 Å². The Morgan fingerprint density at radius 3 is 2.62 bits per heavy atom. The summed E-state index contributed by atoms with van der Waals surface area (Å²) in [5, 5.41) is 0.942. The number of aromatic nitrogens is 2. The molecule has 6 heteroatoms. The van der Waals surface area contributed by atoms with Gasteiger partial charge in [-0.15, -0.1) is 0 Å². The van der Waals surface area contributed by atoms with Crippen LogP contribution in [0.4, 0.5) is 0 Å². The van der Waals surface area contributed by atoms with Gasteiger partial charge in [-0.05, 0) is 60.7 Å². The maximum Gasteiger partial charge on any atom is 0.254 e. The molecular formula is C23H21N3O3. The quantitative estimate of drug-likeness (QED) is 0.562. The zero-order chi connectivity index (χ0) is 20.4. The molecule has 0 atom stereocenters. The SMILES string of the molecule is Cc1ccc2cc(CN(Cc3ccco3)C(=O)c3ccncc3)c(=O)[nH]c2c1C. The highest BCUT2D eigenvalue weighted by Gasteiger charge is 2.19. The summed E-state index contributed by atoms with van der Waals surface area (Å²) in [6, 6.07) is 12.8. The Kier molecular flexibility index (Phi) is 4.99. The van der Waals surface area contributed by atoms with Crippen LogP contribution < -0.4 is 5.56 Å². The number of nitrogens with zero attached hydrogens (tertiary/aromatic N) is 2. The Morgan fingerprint density at radius 2 is 1.90 bits per heavy atom. The minimum absolute atomic E-state index is 0.167. The first-order valence-corrected chi connectivity index (χ1v) is 9.37. The van der Waals surface area contributed by atoms with Crippen LogP contribution in [0.1, 0.15) is 32.8 Å². The van der Waals surface area contributed by atoms with Gasteiger partial charge in [0.05, 0.1) is 24.9 Å². The topological polar surface area (TPSA) is 79.2 Å². The van der Waals surface area contributed by atoms with Gasteiger partial charge in [0.15, 0.2) is 0 Å². The van der Waals surface area contributed by atoms with Crippen LogP contribution >= 0.6 is 0 Å². The Labute approximate surface area is 167 Å². The molecule has 0 aliphatic carbocycles. The first-order chi connectivity index (χ1) is 14.0. The van der Waals surface area contributed by atoms with E-state index < -0.39 is 0 Å². The van der Waals surface area contributed by atoms with Gasteiger partial charge in [0.25, 0.3) is 11.5 Å². The fraction of sp³-hybridized carbons (Fsp3) is 0.174. The maximum absolute atomic E-state index is 13.1. The number of aryl methyl sites for hydroxylation is 2. The largest absolute Gasteiger partial charge is 0.467 e. The number of hydrogen-bond acceptors (Lipinski definition) is 4. The Morgan fingerprint density at radius 1 is 1.10 bits per heavy atom. The lowest BCUT2D eigenvalue weighted by Gasteiger charge is -2.22. The molecule has 1 N–H and O–H groups in total. The Balaban J connectivity index is 1.72. The molecule has 146 valence electrons. The average molecular weight is 387 g/mol. The smallest absolute Gasteiger partial charge is 0.254 e. The van der Waals surface area contributed by atoms with E-state index in [9.17, 15) is 9.59 Å². The number of benzene rings is 1.